The molecule has 1 saturated heterocycles. The highest BCUT2D eigenvalue weighted by atomic mass is 35.5. The number of halogens is 2. The number of rotatable bonds is 4. The average Bonchev–Trinajstić information content (AvgIpc) is 2.79. The Hall–Kier alpha value is -1.51. The fraction of sp³-hybridized carbons (Fsp3) is 0.385. The van der Waals surface area contributed by atoms with Gasteiger partial charge in [-0.2, -0.15) is 0 Å². The number of hydrogen-bond acceptors (Lipinski definition) is 6. The summed E-state index contributed by atoms with van der Waals surface area (Å²) in [6.45, 7) is -0.557. The largest absolute Gasteiger partial charge is 0.452 e. The first-order chi connectivity index (χ1) is 10.7. The lowest BCUT2D eigenvalue weighted by Crippen LogP contribution is -2.38. The minimum atomic E-state index is -3.10. The van der Waals surface area contributed by atoms with E-state index in [2.05, 4.69) is 5.32 Å². The number of sulfone groups is 1. The van der Waals surface area contributed by atoms with Crippen molar-refractivity contribution in [2.45, 2.75) is 12.5 Å². The molecule has 0 saturated carbocycles. The van der Waals surface area contributed by atoms with Gasteiger partial charge in [0.25, 0.3) is 5.91 Å². The minimum Gasteiger partial charge on any atom is -0.452 e. The Balaban J connectivity index is 1.91. The fourth-order valence-electron chi connectivity index (χ4n) is 2.14. The van der Waals surface area contributed by atoms with Crippen molar-refractivity contribution in [3.8, 4) is 0 Å². The summed E-state index contributed by atoms with van der Waals surface area (Å²) in [5.41, 5.74) is 5.62. The number of carbonyl (C=O) groups excluding carboxylic acids is 2. The van der Waals surface area contributed by atoms with Crippen molar-refractivity contribution < 1.29 is 22.7 Å². The molecule has 1 atom stereocenters. The molecular weight excluding hydrogens is 367 g/mol. The summed E-state index contributed by atoms with van der Waals surface area (Å²) < 4.78 is 27.4. The van der Waals surface area contributed by atoms with Crippen LogP contribution in [0, 0.1) is 0 Å². The first-order valence-electron chi connectivity index (χ1n) is 6.59. The summed E-state index contributed by atoms with van der Waals surface area (Å²) in [6.07, 6.45) is 0.346. The van der Waals surface area contributed by atoms with Crippen LogP contribution in [0.3, 0.4) is 0 Å². The van der Waals surface area contributed by atoms with E-state index in [9.17, 15) is 18.0 Å². The monoisotopic (exact) mass is 380 g/mol. The number of amides is 1. The van der Waals surface area contributed by atoms with Crippen molar-refractivity contribution in [3.05, 3.63) is 27.7 Å². The molecule has 0 radical (unpaired) electrons. The molecule has 10 heteroatoms. The lowest BCUT2D eigenvalue weighted by atomic mass is 10.2. The SMILES string of the molecule is Nc1c(Cl)cc(Cl)cc1C(=O)OCC(=O)N[C@@H]1CCS(=O)(=O)C1. The summed E-state index contributed by atoms with van der Waals surface area (Å²) in [7, 11) is -3.10. The summed E-state index contributed by atoms with van der Waals surface area (Å²) >= 11 is 11.6. The Morgan fingerprint density at radius 1 is 1.35 bits per heavy atom. The second-order valence-electron chi connectivity index (χ2n) is 5.09. The average molecular weight is 381 g/mol. The third kappa shape index (κ3) is 4.73. The van der Waals surface area contributed by atoms with E-state index in [0.717, 1.165) is 0 Å². The van der Waals surface area contributed by atoms with Gasteiger partial charge in [0.15, 0.2) is 16.4 Å². The molecule has 1 aliphatic rings. The molecule has 1 aliphatic heterocycles. The number of ether oxygens (including phenoxy) is 1. The van der Waals surface area contributed by atoms with Gasteiger partial charge >= 0.3 is 5.97 Å². The number of nitrogen functional groups attached to an aromatic ring is 1. The van der Waals surface area contributed by atoms with E-state index in [1.807, 2.05) is 0 Å². The van der Waals surface area contributed by atoms with Gasteiger partial charge in [-0.3, -0.25) is 4.79 Å². The first kappa shape index (κ1) is 17.8. The van der Waals surface area contributed by atoms with Crippen molar-refractivity contribution >= 4 is 50.6 Å². The van der Waals surface area contributed by atoms with Gasteiger partial charge < -0.3 is 15.8 Å². The molecule has 1 aromatic carbocycles. The second-order valence-corrected chi connectivity index (χ2v) is 8.16. The van der Waals surface area contributed by atoms with E-state index in [-0.39, 0.29) is 32.8 Å². The smallest absolute Gasteiger partial charge is 0.340 e. The van der Waals surface area contributed by atoms with Gasteiger partial charge in [0.2, 0.25) is 0 Å². The van der Waals surface area contributed by atoms with Crippen molar-refractivity contribution in [3.63, 3.8) is 0 Å². The summed E-state index contributed by atoms with van der Waals surface area (Å²) in [4.78, 5) is 23.6. The quantitative estimate of drug-likeness (QED) is 0.595. The summed E-state index contributed by atoms with van der Waals surface area (Å²) in [5.74, 6) is -1.51. The summed E-state index contributed by atoms with van der Waals surface area (Å²) in [6, 6.07) is 2.20. The third-order valence-electron chi connectivity index (χ3n) is 3.25. The molecule has 126 valence electrons. The minimum absolute atomic E-state index is 0.00311. The van der Waals surface area contributed by atoms with Crippen LogP contribution in [0.5, 0.6) is 0 Å². The molecule has 0 unspecified atom stereocenters. The predicted octanol–water partition coefficient (Wildman–Crippen LogP) is 1.04. The lowest BCUT2D eigenvalue weighted by Gasteiger charge is -2.12. The maximum atomic E-state index is 11.9. The summed E-state index contributed by atoms with van der Waals surface area (Å²) in [5, 5.41) is 2.81. The predicted molar refractivity (Wildman–Crippen MR) is 86.4 cm³/mol. The molecule has 1 fully saturated rings. The van der Waals surface area contributed by atoms with Crippen LogP contribution in [-0.2, 0) is 19.4 Å². The molecule has 1 amide bonds. The number of nitrogens with two attached hydrogens (primary N) is 1. The topological polar surface area (TPSA) is 116 Å². The fourth-order valence-corrected chi connectivity index (χ4v) is 4.31. The third-order valence-corrected chi connectivity index (χ3v) is 5.55. The molecular formula is C13H14Cl2N2O5S. The van der Waals surface area contributed by atoms with Crippen LogP contribution >= 0.6 is 23.2 Å². The number of anilines is 1. The van der Waals surface area contributed by atoms with Crippen LogP contribution in [0.4, 0.5) is 5.69 Å². The number of hydrogen-bond donors (Lipinski definition) is 2. The highest BCUT2D eigenvalue weighted by Gasteiger charge is 2.29. The Bertz CT molecular complexity index is 751. The molecule has 3 N–H and O–H groups in total. The Labute approximate surface area is 143 Å². The van der Waals surface area contributed by atoms with E-state index in [0.29, 0.717) is 6.42 Å². The maximum absolute atomic E-state index is 11.9. The number of esters is 1. The number of carbonyl (C=O) groups is 2. The number of nitrogens with one attached hydrogen (secondary N) is 1. The van der Waals surface area contributed by atoms with Gasteiger partial charge in [0.05, 0.1) is 27.8 Å². The Morgan fingerprint density at radius 3 is 2.65 bits per heavy atom. The van der Waals surface area contributed by atoms with E-state index in [1.165, 1.54) is 12.1 Å². The van der Waals surface area contributed by atoms with Crippen molar-refractivity contribution in [1.82, 2.24) is 5.32 Å². The highest BCUT2D eigenvalue weighted by Crippen LogP contribution is 2.28. The lowest BCUT2D eigenvalue weighted by molar-refractivity contribution is -0.124. The standard InChI is InChI=1S/C13H14Cl2N2O5S/c14-7-3-9(12(16)10(15)4-7)13(19)22-5-11(18)17-8-1-2-23(20,21)6-8/h3-4,8H,1-2,5-6,16H2,(H,17,18)/t8-/m1/s1. The highest BCUT2D eigenvalue weighted by molar-refractivity contribution is 7.91. The Kier molecular flexibility index (Phi) is 5.38. The molecule has 23 heavy (non-hydrogen) atoms. The second kappa shape index (κ2) is 6.94. The molecule has 2 rings (SSSR count). The Morgan fingerprint density at radius 2 is 2.04 bits per heavy atom. The molecule has 0 aliphatic carbocycles. The van der Waals surface area contributed by atoms with Gasteiger partial charge in [-0.25, -0.2) is 13.2 Å². The molecule has 1 aromatic rings. The van der Waals surface area contributed by atoms with E-state index in [1.54, 1.807) is 0 Å². The van der Waals surface area contributed by atoms with Crippen LogP contribution in [-0.4, -0.2) is 44.4 Å². The van der Waals surface area contributed by atoms with Crippen LogP contribution in [0.2, 0.25) is 10.0 Å². The van der Waals surface area contributed by atoms with Crippen molar-refractivity contribution in [2.75, 3.05) is 23.8 Å². The normalized spacial score (nSPS) is 19.3. The van der Waals surface area contributed by atoms with Crippen molar-refractivity contribution in [1.29, 1.82) is 0 Å². The van der Waals surface area contributed by atoms with Gasteiger partial charge in [0, 0.05) is 11.1 Å². The molecule has 7 nitrogen and oxygen atoms in total. The number of benzene rings is 1. The van der Waals surface area contributed by atoms with E-state index < -0.39 is 34.4 Å². The zero-order chi connectivity index (χ0) is 17.2. The molecule has 1 heterocycles. The van der Waals surface area contributed by atoms with Gasteiger partial charge in [0.1, 0.15) is 0 Å². The van der Waals surface area contributed by atoms with E-state index in [4.69, 9.17) is 33.7 Å². The van der Waals surface area contributed by atoms with Gasteiger partial charge in [-0.15, -0.1) is 0 Å². The van der Waals surface area contributed by atoms with Crippen LogP contribution in [0.1, 0.15) is 16.8 Å². The molecule has 0 spiro atoms. The van der Waals surface area contributed by atoms with E-state index >= 15 is 0 Å². The van der Waals surface area contributed by atoms with Gasteiger partial charge in [-0.05, 0) is 18.6 Å². The molecule has 0 aromatic heterocycles. The zero-order valence-electron chi connectivity index (χ0n) is 11.8. The first-order valence-corrected chi connectivity index (χ1v) is 9.17. The maximum Gasteiger partial charge on any atom is 0.340 e. The van der Waals surface area contributed by atoms with Gasteiger partial charge in [-0.1, -0.05) is 23.2 Å². The van der Waals surface area contributed by atoms with Crippen LogP contribution in [0.25, 0.3) is 0 Å². The zero-order valence-corrected chi connectivity index (χ0v) is 14.2. The molecule has 0 bridgehead atoms. The van der Waals surface area contributed by atoms with Crippen LogP contribution < -0.4 is 11.1 Å². The van der Waals surface area contributed by atoms with Crippen LogP contribution in [0.15, 0.2) is 12.1 Å². The van der Waals surface area contributed by atoms with Crippen molar-refractivity contribution in [2.24, 2.45) is 0 Å².